The molecule has 1 unspecified atom stereocenters. The van der Waals surface area contributed by atoms with E-state index in [2.05, 4.69) is 49.5 Å². The van der Waals surface area contributed by atoms with E-state index in [0.29, 0.717) is 6.04 Å². The van der Waals surface area contributed by atoms with E-state index in [1.54, 1.807) is 0 Å². The molecule has 2 rings (SSSR count). The highest BCUT2D eigenvalue weighted by Gasteiger charge is 2.07. The Hall–Kier alpha value is -1.51. The predicted molar refractivity (Wildman–Crippen MR) is 98.3 cm³/mol. The van der Waals surface area contributed by atoms with E-state index in [0.717, 1.165) is 48.7 Å². The number of ether oxygens (including phenoxy) is 1. The minimum atomic E-state index is 0.438. The van der Waals surface area contributed by atoms with Crippen molar-refractivity contribution in [2.45, 2.75) is 45.7 Å². The fraction of sp³-hybridized carbons (Fsp3) is 0.400. The Morgan fingerprint density at radius 2 is 1.91 bits per heavy atom. The summed E-state index contributed by atoms with van der Waals surface area (Å²) in [7, 11) is 0. The third-order valence-electron chi connectivity index (χ3n) is 3.83. The van der Waals surface area contributed by atoms with Crippen LogP contribution in [-0.4, -0.2) is 12.6 Å². The average molecular weight is 332 g/mol. The number of nitrogens with one attached hydrogen (secondary N) is 1. The zero-order chi connectivity index (χ0) is 16.5. The lowest BCUT2D eigenvalue weighted by atomic mass is 10.1. The van der Waals surface area contributed by atoms with Crippen molar-refractivity contribution >= 4 is 11.6 Å². The molecule has 0 bridgehead atoms. The van der Waals surface area contributed by atoms with Gasteiger partial charge in [0.15, 0.2) is 0 Å². The minimum absolute atomic E-state index is 0.438. The fourth-order valence-electron chi connectivity index (χ4n) is 2.45. The summed E-state index contributed by atoms with van der Waals surface area (Å²) in [5.74, 6) is 0.930. The van der Waals surface area contributed by atoms with Crippen molar-refractivity contribution in [3.8, 4) is 5.75 Å². The van der Waals surface area contributed by atoms with Crippen LogP contribution in [0.2, 0.25) is 5.02 Å². The van der Waals surface area contributed by atoms with E-state index >= 15 is 0 Å². The third-order valence-corrected chi connectivity index (χ3v) is 4.07. The molecule has 0 aromatic heterocycles. The van der Waals surface area contributed by atoms with Gasteiger partial charge in [0.2, 0.25) is 0 Å². The maximum Gasteiger partial charge on any atom is 0.123 e. The van der Waals surface area contributed by atoms with E-state index in [-0.39, 0.29) is 0 Å². The maximum absolute atomic E-state index is 6.12. The number of rotatable bonds is 9. The van der Waals surface area contributed by atoms with Crippen LogP contribution in [0.5, 0.6) is 5.75 Å². The predicted octanol–water partition coefficient (Wildman–Crippen LogP) is 5.24. The molecule has 1 N–H and O–H groups in total. The van der Waals surface area contributed by atoms with Crippen LogP contribution in [0.4, 0.5) is 0 Å². The molecule has 23 heavy (non-hydrogen) atoms. The molecule has 0 amide bonds. The summed E-state index contributed by atoms with van der Waals surface area (Å²) in [6, 6.07) is 16.9. The molecule has 0 heterocycles. The van der Waals surface area contributed by atoms with Crippen LogP contribution in [0, 0.1) is 0 Å². The van der Waals surface area contributed by atoms with Gasteiger partial charge >= 0.3 is 0 Å². The second-order valence-electron chi connectivity index (χ2n) is 5.91. The highest BCUT2D eigenvalue weighted by molar-refractivity contribution is 6.30. The van der Waals surface area contributed by atoms with Crippen LogP contribution in [-0.2, 0) is 13.0 Å². The van der Waals surface area contributed by atoms with Crippen molar-refractivity contribution in [3.63, 3.8) is 0 Å². The van der Waals surface area contributed by atoms with Crippen LogP contribution in [0.25, 0.3) is 0 Å². The first-order valence-corrected chi connectivity index (χ1v) is 8.75. The Morgan fingerprint density at radius 1 is 1.13 bits per heavy atom. The maximum atomic E-state index is 6.12. The summed E-state index contributed by atoms with van der Waals surface area (Å²) in [6.45, 7) is 5.84. The Bertz CT molecular complexity index is 585. The van der Waals surface area contributed by atoms with Crippen LogP contribution in [0.15, 0.2) is 48.5 Å². The largest absolute Gasteiger partial charge is 0.493 e. The number of aryl methyl sites for hydroxylation is 1. The summed E-state index contributed by atoms with van der Waals surface area (Å²) in [5, 5.41) is 4.33. The van der Waals surface area contributed by atoms with Gasteiger partial charge in [-0.25, -0.2) is 0 Å². The van der Waals surface area contributed by atoms with E-state index in [9.17, 15) is 0 Å². The number of benzene rings is 2. The molecule has 0 aliphatic heterocycles. The summed E-state index contributed by atoms with van der Waals surface area (Å²) in [5.41, 5.74) is 2.51. The molecule has 2 aromatic carbocycles. The van der Waals surface area contributed by atoms with Gasteiger partial charge in [0.25, 0.3) is 0 Å². The molecule has 0 spiro atoms. The van der Waals surface area contributed by atoms with Crippen molar-refractivity contribution in [1.29, 1.82) is 0 Å². The van der Waals surface area contributed by atoms with Gasteiger partial charge in [0, 0.05) is 23.2 Å². The molecule has 1 atom stereocenters. The molecule has 0 saturated heterocycles. The molecular formula is C20H26ClNO. The lowest BCUT2D eigenvalue weighted by Crippen LogP contribution is -2.26. The smallest absolute Gasteiger partial charge is 0.123 e. The first kappa shape index (κ1) is 17.8. The minimum Gasteiger partial charge on any atom is -0.493 e. The first-order valence-electron chi connectivity index (χ1n) is 8.37. The zero-order valence-electron chi connectivity index (χ0n) is 14.0. The van der Waals surface area contributed by atoms with E-state index in [1.165, 1.54) is 5.56 Å². The molecule has 3 heteroatoms. The van der Waals surface area contributed by atoms with Crippen molar-refractivity contribution in [1.82, 2.24) is 5.32 Å². The molecule has 0 saturated carbocycles. The third kappa shape index (κ3) is 6.25. The molecule has 2 nitrogen and oxygen atoms in total. The normalized spacial score (nSPS) is 12.1. The standard InChI is InChI=1S/C20H26ClNO/c1-3-13-23-20-12-11-19(21)14-18(20)15-22-16(2)9-10-17-7-5-4-6-8-17/h4-8,11-12,14,16,22H,3,9-10,13,15H2,1-2H3. The Balaban J connectivity index is 1.85. The molecule has 2 aromatic rings. The van der Waals surface area contributed by atoms with Crippen molar-refractivity contribution < 1.29 is 4.74 Å². The number of hydrogen-bond acceptors (Lipinski definition) is 2. The quantitative estimate of drug-likeness (QED) is 0.678. The lowest BCUT2D eigenvalue weighted by molar-refractivity contribution is 0.312. The van der Waals surface area contributed by atoms with Crippen LogP contribution in [0.1, 0.15) is 37.8 Å². The van der Waals surface area contributed by atoms with E-state index in [4.69, 9.17) is 16.3 Å². The van der Waals surface area contributed by atoms with Crippen LogP contribution in [0.3, 0.4) is 0 Å². The molecule has 124 valence electrons. The van der Waals surface area contributed by atoms with Gasteiger partial charge in [-0.15, -0.1) is 0 Å². The molecule has 0 aliphatic rings. The second-order valence-corrected chi connectivity index (χ2v) is 6.34. The monoisotopic (exact) mass is 331 g/mol. The second kappa shape index (κ2) is 9.59. The molecule has 0 radical (unpaired) electrons. The molecular weight excluding hydrogens is 306 g/mol. The van der Waals surface area contributed by atoms with Gasteiger partial charge in [0.05, 0.1) is 6.61 Å². The Kier molecular flexibility index (Phi) is 7.44. The zero-order valence-corrected chi connectivity index (χ0v) is 14.8. The van der Waals surface area contributed by atoms with Gasteiger partial charge in [0.1, 0.15) is 5.75 Å². The summed E-state index contributed by atoms with van der Waals surface area (Å²) in [4.78, 5) is 0. The lowest BCUT2D eigenvalue weighted by Gasteiger charge is -2.16. The van der Waals surface area contributed by atoms with Crippen LogP contribution < -0.4 is 10.1 Å². The Labute approximate surface area is 144 Å². The summed E-state index contributed by atoms with van der Waals surface area (Å²) < 4.78 is 5.80. The highest BCUT2D eigenvalue weighted by atomic mass is 35.5. The molecule has 0 fully saturated rings. The van der Waals surface area contributed by atoms with Crippen molar-refractivity contribution in [3.05, 3.63) is 64.7 Å². The SMILES string of the molecule is CCCOc1ccc(Cl)cc1CNC(C)CCc1ccccc1. The van der Waals surface area contributed by atoms with Gasteiger partial charge in [-0.05, 0) is 49.9 Å². The topological polar surface area (TPSA) is 21.3 Å². The highest BCUT2D eigenvalue weighted by Crippen LogP contribution is 2.23. The van der Waals surface area contributed by atoms with Crippen molar-refractivity contribution in [2.24, 2.45) is 0 Å². The molecule has 0 aliphatic carbocycles. The van der Waals surface area contributed by atoms with Gasteiger partial charge in [-0.2, -0.15) is 0 Å². The van der Waals surface area contributed by atoms with Crippen molar-refractivity contribution in [2.75, 3.05) is 6.61 Å². The van der Waals surface area contributed by atoms with Crippen LogP contribution >= 0.6 is 11.6 Å². The first-order chi connectivity index (χ1) is 11.2. The number of hydrogen-bond donors (Lipinski definition) is 1. The van der Waals surface area contributed by atoms with Gasteiger partial charge in [-0.1, -0.05) is 48.9 Å². The summed E-state index contributed by atoms with van der Waals surface area (Å²) in [6.07, 6.45) is 3.20. The average Bonchev–Trinajstić information content (AvgIpc) is 2.58. The summed E-state index contributed by atoms with van der Waals surface area (Å²) >= 11 is 6.12. The Morgan fingerprint density at radius 3 is 2.65 bits per heavy atom. The van der Waals surface area contributed by atoms with Gasteiger partial charge < -0.3 is 10.1 Å². The van der Waals surface area contributed by atoms with E-state index < -0.39 is 0 Å². The fourth-order valence-corrected chi connectivity index (χ4v) is 2.65. The van der Waals surface area contributed by atoms with Gasteiger partial charge in [-0.3, -0.25) is 0 Å². The van der Waals surface area contributed by atoms with E-state index in [1.807, 2.05) is 18.2 Å². The number of halogens is 1.